The van der Waals surface area contributed by atoms with Crippen LogP contribution in [0.1, 0.15) is 49.5 Å². The number of thiol groups is 1. The number of nitrogens with one attached hydrogen (secondary N) is 1. The molecule has 0 aliphatic heterocycles. The number of benzene rings is 1. The molecular formula is C14H21NOS. The molecular weight excluding hydrogens is 230 g/mol. The summed E-state index contributed by atoms with van der Waals surface area (Å²) in [7, 11) is 0. The molecule has 0 saturated carbocycles. The normalized spacial score (nSPS) is 11.4. The fourth-order valence-electron chi connectivity index (χ4n) is 1.92. The second kappa shape index (κ2) is 5.58. The Kier molecular flexibility index (Phi) is 4.63. The number of aryl methyl sites for hydroxylation is 1. The summed E-state index contributed by atoms with van der Waals surface area (Å²) in [6.45, 7) is 8.16. The predicted molar refractivity (Wildman–Crippen MR) is 74.9 cm³/mol. The van der Waals surface area contributed by atoms with Gasteiger partial charge in [0.15, 0.2) is 0 Å². The number of hydrogen-bond acceptors (Lipinski definition) is 2. The molecule has 0 aromatic heterocycles. The van der Waals surface area contributed by atoms with Crippen LogP contribution in [0.5, 0.6) is 0 Å². The molecule has 0 unspecified atom stereocenters. The summed E-state index contributed by atoms with van der Waals surface area (Å²) in [6.07, 6.45) is 2.03. The lowest BCUT2D eigenvalue weighted by molar-refractivity contribution is 0.0908. The van der Waals surface area contributed by atoms with Crippen LogP contribution in [0.2, 0.25) is 0 Å². The molecule has 1 aromatic rings. The monoisotopic (exact) mass is 251 g/mol. The molecule has 1 aromatic carbocycles. The highest BCUT2D eigenvalue weighted by Crippen LogP contribution is 2.17. The third-order valence-electron chi connectivity index (χ3n) is 2.79. The summed E-state index contributed by atoms with van der Waals surface area (Å²) in [5, 5.41) is 3.07. The molecule has 0 atom stereocenters. The van der Waals surface area contributed by atoms with E-state index in [2.05, 4.69) is 24.9 Å². The SMILES string of the molecule is CCCC(C)(C)NC(=O)c1cc(S)ccc1C. The zero-order valence-electron chi connectivity index (χ0n) is 11.0. The quantitative estimate of drug-likeness (QED) is 0.787. The first kappa shape index (κ1) is 14.1. The first-order valence-electron chi connectivity index (χ1n) is 5.98. The smallest absolute Gasteiger partial charge is 0.251 e. The van der Waals surface area contributed by atoms with Gasteiger partial charge in [0.05, 0.1) is 0 Å². The van der Waals surface area contributed by atoms with E-state index in [4.69, 9.17) is 0 Å². The lowest BCUT2D eigenvalue weighted by atomic mass is 9.97. The van der Waals surface area contributed by atoms with Gasteiger partial charge in [-0.25, -0.2) is 0 Å². The van der Waals surface area contributed by atoms with Gasteiger partial charge in [-0.15, -0.1) is 12.6 Å². The molecule has 1 amide bonds. The van der Waals surface area contributed by atoms with E-state index in [1.165, 1.54) is 0 Å². The minimum Gasteiger partial charge on any atom is -0.347 e. The number of carbonyl (C=O) groups is 1. The molecule has 0 radical (unpaired) electrons. The van der Waals surface area contributed by atoms with Crippen molar-refractivity contribution >= 4 is 18.5 Å². The van der Waals surface area contributed by atoms with Crippen LogP contribution in [0.15, 0.2) is 23.1 Å². The lowest BCUT2D eigenvalue weighted by Crippen LogP contribution is -2.43. The van der Waals surface area contributed by atoms with Crippen molar-refractivity contribution in [3.05, 3.63) is 29.3 Å². The van der Waals surface area contributed by atoms with Gasteiger partial charge in [-0.3, -0.25) is 4.79 Å². The van der Waals surface area contributed by atoms with Crippen molar-refractivity contribution in [2.24, 2.45) is 0 Å². The van der Waals surface area contributed by atoms with Crippen LogP contribution in [0, 0.1) is 6.92 Å². The average Bonchev–Trinajstić information content (AvgIpc) is 2.20. The van der Waals surface area contributed by atoms with Crippen molar-refractivity contribution in [3.63, 3.8) is 0 Å². The van der Waals surface area contributed by atoms with Gasteiger partial charge >= 0.3 is 0 Å². The van der Waals surface area contributed by atoms with Crippen molar-refractivity contribution in [2.75, 3.05) is 0 Å². The van der Waals surface area contributed by atoms with Crippen molar-refractivity contribution in [1.82, 2.24) is 5.32 Å². The Morgan fingerprint density at radius 1 is 1.41 bits per heavy atom. The van der Waals surface area contributed by atoms with Crippen LogP contribution in [0.25, 0.3) is 0 Å². The van der Waals surface area contributed by atoms with E-state index in [-0.39, 0.29) is 11.4 Å². The Labute approximate surface area is 109 Å². The van der Waals surface area contributed by atoms with E-state index < -0.39 is 0 Å². The van der Waals surface area contributed by atoms with Crippen molar-refractivity contribution in [3.8, 4) is 0 Å². The maximum Gasteiger partial charge on any atom is 0.251 e. The van der Waals surface area contributed by atoms with E-state index >= 15 is 0 Å². The third-order valence-corrected chi connectivity index (χ3v) is 3.07. The molecule has 2 nitrogen and oxygen atoms in total. The summed E-state index contributed by atoms with van der Waals surface area (Å²) in [6, 6.07) is 5.63. The molecule has 1 rings (SSSR count). The van der Waals surface area contributed by atoms with Gasteiger partial charge in [-0.05, 0) is 44.9 Å². The van der Waals surface area contributed by atoms with E-state index in [1.807, 2.05) is 39.0 Å². The van der Waals surface area contributed by atoms with Crippen LogP contribution < -0.4 is 5.32 Å². The molecule has 94 valence electrons. The summed E-state index contributed by atoms with van der Waals surface area (Å²) >= 11 is 4.27. The molecule has 0 aliphatic rings. The third kappa shape index (κ3) is 4.08. The molecule has 17 heavy (non-hydrogen) atoms. The molecule has 0 spiro atoms. The van der Waals surface area contributed by atoms with E-state index in [0.717, 1.165) is 23.3 Å². The summed E-state index contributed by atoms with van der Waals surface area (Å²) in [5.74, 6) is -0.0168. The largest absolute Gasteiger partial charge is 0.347 e. The van der Waals surface area contributed by atoms with Crippen LogP contribution in [-0.4, -0.2) is 11.4 Å². The van der Waals surface area contributed by atoms with Gasteiger partial charge < -0.3 is 5.32 Å². The minimum absolute atomic E-state index is 0.0168. The summed E-state index contributed by atoms with van der Waals surface area (Å²) in [5.41, 5.74) is 1.53. The molecule has 0 heterocycles. The van der Waals surface area contributed by atoms with Crippen molar-refractivity contribution in [2.45, 2.75) is 51.0 Å². The highest BCUT2D eigenvalue weighted by atomic mass is 32.1. The van der Waals surface area contributed by atoms with Gasteiger partial charge in [-0.2, -0.15) is 0 Å². The fraction of sp³-hybridized carbons (Fsp3) is 0.500. The minimum atomic E-state index is -0.162. The van der Waals surface area contributed by atoms with E-state index in [1.54, 1.807) is 0 Å². The van der Waals surface area contributed by atoms with Crippen LogP contribution in [-0.2, 0) is 0 Å². The standard InChI is InChI=1S/C14H21NOS/c1-5-8-14(3,4)15-13(16)12-9-11(17)7-6-10(12)2/h6-7,9,17H,5,8H2,1-4H3,(H,15,16). The van der Waals surface area contributed by atoms with Gasteiger partial charge in [0.1, 0.15) is 0 Å². The number of hydrogen-bond donors (Lipinski definition) is 2. The highest BCUT2D eigenvalue weighted by Gasteiger charge is 2.20. The first-order valence-corrected chi connectivity index (χ1v) is 6.42. The van der Waals surface area contributed by atoms with Gasteiger partial charge in [0.25, 0.3) is 5.91 Å². The second-order valence-corrected chi connectivity index (χ2v) is 5.60. The van der Waals surface area contributed by atoms with E-state index in [9.17, 15) is 4.79 Å². The highest BCUT2D eigenvalue weighted by molar-refractivity contribution is 7.80. The number of carbonyl (C=O) groups excluding carboxylic acids is 1. The zero-order valence-corrected chi connectivity index (χ0v) is 11.9. The Morgan fingerprint density at radius 3 is 2.65 bits per heavy atom. The Balaban J connectivity index is 2.86. The fourth-order valence-corrected chi connectivity index (χ4v) is 2.12. The van der Waals surface area contributed by atoms with Crippen LogP contribution in [0.3, 0.4) is 0 Å². The van der Waals surface area contributed by atoms with E-state index in [0.29, 0.717) is 5.56 Å². The van der Waals surface area contributed by atoms with Gasteiger partial charge in [0.2, 0.25) is 0 Å². The first-order chi connectivity index (χ1) is 7.85. The molecule has 0 aliphatic carbocycles. The average molecular weight is 251 g/mol. The maximum atomic E-state index is 12.2. The molecule has 0 fully saturated rings. The zero-order chi connectivity index (χ0) is 13.1. The Bertz CT molecular complexity index is 413. The number of amides is 1. The number of rotatable bonds is 4. The summed E-state index contributed by atoms with van der Waals surface area (Å²) < 4.78 is 0. The van der Waals surface area contributed by atoms with Crippen LogP contribution >= 0.6 is 12.6 Å². The summed E-state index contributed by atoms with van der Waals surface area (Å²) in [4.78, 5) is 13.0. The topological polar surface area (TPSA) is 29.1 Å². The Morgan fingerprint density at radius 2 is 2.06 bits per heavy atom. The molecule has 0 saturated heterocycles. The van der Waals surface area contributed by atoms with Gasteiger partial charge in [-0.1, -0.05) is 19.4 Å². The molecule has 1 N–H and O–H groups in total. The molecule has 3 heteroatoms. The van der Waals surface area contributed by atoms with Crippen molar-refractivity contribution in [1.29, 1.82) is 0 Å². The maximum absolute atomic E-state index is 12.2. The lowest BCUT2D eigenvalue weighted by Gasteiger charge is -2.26. The van der Waals surface area contributed by atoms with Crippen LogP contribution in [0.4, 0.5) is 0 Å². The second-order valence-electron chi connectivity index (χ2n) is 5.09. The van der Waals surface area contributed by atoms with Gasteiger partial charge in [0, 0.05) is 16.0 Å². The molecule has 0 bridgehead atoms. The Hall–Kier alpha value is -0.960. The predicted octanol–water partition coefficient (Wildman–Crippen LogP) is 3.59. The van der Waals surface area contributed by atoms with Crippen molar-refractivity contribution < 1.29 is 4.79 Å².